The van der Waals surface area contributed by atoms with E-state index >= 15 is 0 Å². The maximum Gasteiger partial charge on any atom is 0.410 e. The fraction of sp³-hybridized carbons (Fsp3) is 0.938. The molecule has 2 fully saturated rings. The van der Waals surface area contributed by atoms with Crippen molar-refractivity contribution in [2.24, 2.45) is 5.92 Å². The summed E-state index contributed by atoms with van der Waals surface area (Å²) in [5, 5.41) is 3.69. The Labute approximate surface area is 129 Å². The highest BCUT2D eigenvalue weighted by molar-refractivity contribution is 5.68. The van der Waals surface area contributed by atoms with Gasteiger partial charge in [-0.15, -0.1) is 0 Å². The van der Waals surface area contributed by atoms with E-state index in [9.17, 15) is 4.79 Å². The van der Waals surface area contributed by atoms with Crippen LogP contribution < -0.4 is 5.32 Å². The highest BCUT2D eigenvalue weighted by atomic mass is 16.6. The zero-order valence-corrected chi connectivity index (χ0v) is 14.0. The van der Waals surface area contributed by atoms with E-state index < -0.39 is 5.60 Å². The van der Waals surface area contributed by atoms with Gasteiger partial charge in [0.2, 0.25) is 0 Å². The van der Waals surface area contributed by atoms with Gasteiger partial charge in [-0.25, -0.2) is 4.79 Å². The molecule has 21 heavy (non-hydrogen) atoms. The standard InChI is InChI=1S/C16H31N3O2/c1-16(2,3)21-15(20)19-9-5-13(6-10-19)11-17-14-7-8-18(4)12-14/h13-14,17H,5-12H2,1-4H3. The summed E-state index contributed by atoms with van der Waals surface area (Å²) in [6.45, 7) is 10.9. The minimum atomic E-state index is -0.399. The third-order valence-electron chi connectivity index (χ3n) is 4.35. The van der Waals surface area contributed by atoms with Gasteiger partial charge in [-0.3, -0.25) is 0 Å². The second-order valence-corrected chi connectivity index (χ2v) is 7.57. The van der Waals surface area contributed by atoms with Crippen LogP contribution in [0.25, 0.3) is 0 Å². The summed E-state index contributed by atoms with van der Waals surface area (Å²) in [5.41, 5.74) is -0.399. The van der Waals surface area contributed by atoms with E-state index in [-0.39, 0.29) is 6.09 Å². The molecule has 1 unspecified atom stereocenters. The van der Waals surface area contributed by atoms with Crippen molar-refractivity contribution in [3.63, 3.8) is 0 Å². The van der Waals surface area contributed by atoms with Crippen LogP contribution in [0.4, 0.5) is 4.79 Å². The number of piperidine rings is 1. The highest BCUT2D eigenvalue weighted by Gasteiger charge is 2.27. The number of carbonyl (C=O) groups excluding carboxylic acids is 1. The van der Waals surface area contributed by atoms with Crippen LogP contribution in [-0.4, -0.2) is 67.3 Å². The van der Waals surface area contributed by atoms with E-state index in [1.54, 1.807) is 0 Å². The lowest BCUT2D eigenvalue weighted by Gasteiger charge is -2.34. The third kappa shape index (κ3) is 5.47. The van der Waals surface area contributed by atoms with E-state index in [0.717, 1.165) is 39.0 Å². The molecule has 2 aliphatic rings. The van der Waals surface area contributed by atoms with Crippen molar-refractivity contribution < 1.29 is 9.53 Å². The smallest absolute Gasteiger partial charge is 0.410 e. The second kappa shape index (κ2) is 6.97. The van der Waals surface area contributed by atoms with Crippen LogP contribution in [0.2, 0.25) is 0 Å². The first-order chi connectivity index (χ1) is 9.83. The lowest BCUT2D eigenvalue weighted by molar-refractivity contribution is 0.0183. The summed E-state index contributed by atoms with van der Waals surface area (Å²) >= 11 is 0. The maximum absolute atomic E-state index is 12.0. The predicted octanol–water partition coefficient (Wildman–Crippen LogP) is 1.93. The molecule has 0 aromatic heterocycles. The van der Waals surface area contributed by atoms with Gasteiger partial charge >= 0.3 is 6.09 Å². The lowest BCUT2D eigenvalue weighted by Crippen LogP contribution is -2.44. The Bertz CT molecular complexity index is 346. The Kier molecular flexibility index (Phi) is 5.49. The zero-order chi connectivity index (χ0) is 15.5. The van der Waals surface area contributed by atoms with Crippen molar-refractivity contribution in [3.8, 4) is 0 Å². The average molecular weight is 297 g/mol. The molecule has 1 amide bonds. The second-order valence-electron chi connectivity index (χ2n) is 7.57. The number of hydrogen-bond acceptors (Lipinski definition) is 4. The molecule has 5 heteroatoms. The Morgan fingerprint density at radius 2 is 1.86 bits per heavy atom. The zero-order valence-electron chi connectivity index (χ0n) is 14.0. The quantitative estimate of drug-likeness (QED) is 0.864. The van der Waals surface area contributed by atoms with Crippen LogP contribution in [0.5, 0.6) is 0 Å². The molecule has 2 heterocycles. The molecule has 2 rings (SSSR count). The Morgan fingerprint density at radius 1 is 1.19 bits per heavy atom. The Hall–Kier alpha value is -0.810. The predicted molar refractivity (Wildman–Crippen MR) is 84.4 cm³/mol. The summed E-state index contributed by atoms with van der Waals surface area (Å²) in [7, 11) is 2.18. The van der Waals surface area contributed by atoms with Crippen LogP contribution in [-0.2, 0) is 4.74 Å². The van der Waals surface area contributed by atoms with Crippen molar-refractivity contribution in [1.82, 2.24) is 15.1 Å². The number of hydrogen-bond donors (Lipinski definition) is 1. The van der Waals surface area contributed by atoms with Crippen molar-refractivity contribution in [2.45, 2.75) is 51.7 Å². The van der Waals surface area contributed by atoms with Gasteiger partial charge < -0.3 is 19.9 Å². The summed E-state index contributed by atoms with van der Waals surface area (Å²) < 4.78 is 5.43. The fourth-order valence-electron chi connectivity index (χ4n) is 3.08. The first kappa shape index (κ1) is 16.6. The summed E-state index contributed by atoms with van der Waals surface area (Å²) in [5.74, 6) is 0.689. The fourth-order valence-corrected chi connectivity index (χ4v) is 3.08. The van der Waals surface area contributed by atoms with Gasteiger partial charge in [-0.1, -0.05) is 0 Å². The van der Waals surface area contributed by atoms with E-state index in [4.69, 9.17) is 4.74 Å². The van der Waals surface area contributed by atoms with Crippen molar-refractivity contribution in [1.29, 1.82) is 0 Å². The first-order valence-electron chi connectivity index (χ1n) is 8.23. The van der Waals surface area contributed by atoms with E-state index in [2.05, 4.69) is 17.3 Å². The number of carbonyl (C=O) groups is 1. The average Bonchev–Trinajstić information content (AvgIpc) is 2.81. The molecule has 2 aliphatic heterocycles. The Balaban J connectivity index is 1.65. The molecule has 122 valence electrons. The van der Waals surface area contributed by atoms with E-state index in [0.29, 0.717) is 12.0 Å². The molecule has 0 aromatic carbocycles. The summed E-state index contributed by atoms with van der Waals surface area (Å²) in [4.78, 5) is 16.2. The normalized spacial score (nSPS) is 25.3. The minimum absolute atomic E-state index is 0.161. The molecule has 1 atom stereocenters. The molecule has 0 spiro atoms. The molecule has 0 saturated carbocycles. The molecule has 2 saturated heterocycles. The van der Waals surface area contributed by atoms with Gasteiger partial charge in [-0.05, 0) is 66.1 Å². The lowest BCUT2D eigenvalue weighted by atomic mass is 9.96. The number of likely N-dealkylation sites (tertiary alicyclic amines) is 2. The van der Waals surface area contributed by atoms with E-state index in [1.807, 2.05) is 25.7 Å². The van der Waals surface area contributed by atoms with Crippen LogP contribution in [0, 0.1) is 5.92 Å². The number of ether oxygens (including phenoxy) is 1. The van der Waals surface area contributed by atoms with Crippen LogP contribution in [0.3, 0.4) is 0 Å². The largest absolute Gasteiger partial charge is 0.444 e. The molecule has 0 radical (unpaired) electrons. The van der Waals surface area contributed by atoms with Gasteiger partial charge in [0.15, 0.2) is 0 Å². The number of nitrogens with zero attached hydrogens (tertiary/aromatic N) is 2. The molecule has 5 nitrogen and oxygen atoms in total. The SMILES string of the molecule is CN1CCC(NCC2CCN(C(=O)OC(C)(C)C)CC2)C1. The molecule has 1 N–H and O–H groups in total. The number of nitrogens with one attached hydrogen (secondary N) is 1. The monoisotopic (exact) mass is 297 g/mol. The van der Waals surface area contributed by atoms with Gasteiger partial charge in [0.25, 0.3) is 0 Å². The van der Waals surface area contributed by atoms with Gasteiger partial charge in [0, 0.05) is 25.7 Å². The first-order valence-corrected chi connectivity index (χ1v) is 8.23. The molecule has 0 bridgehead atoms. The van der Waals surface area contributed by atoms with Gasteiger partial charge in [0.05, 0.1) is 0 Å². The number of amides is 1. The van der Waals surface area contributed by atoms with Gasteiger partial charge in [0.1, 0.15) is 5.60 Å². The Morgan fingerprint density at radius 3 is 2.38 bits per heavy atom. The number of rotatable bonds is 3. The summed E-state index contributed by atoms with van der Waals surface area (Å²) in [6.07, 6.45) is 3.25. The van der Waals surface area contributed by atoms with E-state index in [1.165, 1.54) is 13.0 Å². The summed E-state index contributed by atoms with van der Waals surface area (Å²) in [6, 6.07) is 0.652. The molecular weight excluding hydrogens is 266 g/mol. The van der Waals surface area contributed by atoms with Crippen molar-refractivity contribution in [2.75, 3.05) is 39.8 Å². The molecular formula is C16H31N3O2. The van der Waals surface area contributed by atoms with Crippen LogP contribution >= 0.6 is 0 Å². The van der Waals surface area contributed by atoms with Crippen LogP contribution in [0.1, 0.15) is 40.0 Å². The topological polar surface area (TPSA) is 44.8 Å². The third-order valence-corrected chi connectivity index (χ3v) is 4.35. The molecule has 0 aromatic rings. The van der Waals surface area contributed by atoms with Gasteiger partial charge in [-0.2, -0.15) is 0 Å². The minimum Gasteiger partial charge on any atom is -0.444 e. The van der Waals surface area contributed by atoms with Crippen molar-refractivity contribution in [3.05, 3.63) is 0 Å². The highest BCUT2D eigenvalue weighted by Crippen LogP contribution is 2.19. The number of likely N-dealkylation sites (N-methyl/N-ethyl adjacent to an activating group) is 1. The molecule has 0 aliphatic carbocycles. The van der Waals surface area contributed by atoms with Crippen LogP contribution in [0.15, 0.2) is 0 Å². The maximum atomic E-state index is 12.0. The van der Waals surface area contributed by atoms with Crippen molar-refractivity contribution >= 4 is 6.09 Å².